The lowest BCUT2D eigenvalue weighted by Crippen LogP contribution is -2.28. The maximum atomic E-state index is 13.9. The number of nitrogens with zero attached hydrogens (tertiary/aromatic N) is 5. The molecule has 0 aliphatic carbocycles. The van der Waals surface area contributed by atoms with Crippen LogP contribution in [0.3, 0.4) is 0 Å². The molecule has 2 aromatic heterocycles. The third-order valence-corrected chi connectivity index (χ3v) is 7.48. The highest BCUT2D eigenvalue weighted by molar-refractivity contribution is 7.99. The summed E-state index contributed by atoms with van der Waals surface area (Å²) in [6, 6.07) is 28.4. The SMILES string of the molecule is Cc1ccc(-n2c(SCC(=O)N3c4ccccc4CCc4ccccc43)nnc2-c2ccncc2)cc1. The molecule has 37 heavy (non-hydrogen) atoms. The highest BCUT2D eigenvalue weighted by Gasteiger charge is 2.26. The molecule has 0 radical (unpaired) electrons. The van der Waals surface area contributed by atoms with Crippen LogP contribution in [-0.2, 0) is 17.6 Å². The first-order valence-corrected chi connectivity index (χ1v) is 13.2. The van der Waals surface area contributed by atoms with Gasteiger partial charge in [0.15, 0.2) is 11.0 Å². The molecule has 6 nitrogen and oxygen atoms in total. The van der Waals surface area contributed by atoms with E-state index in [9.17, 15) is 4.79 Å². The summed E-state index contributed by atoms with van der Waals surface area (Å²) in [5.74, 6) is 0.950. The number of aromatic nitrogens is 4. The number of thioether (sulfide) groups is 1. The van der Waals surface area contributed by atoms with Crippen molar-refractivity contribution in [2.45, 2.75) is 24.9 Å². The van der Waals surface area contributed by atoms with Crippen molar-refractivity contribution >= 4 is 29.0 Å². The minimum Gasteiger partial charge on any atom is -0.280 e. The van der Waals surface area contributed by atoms with Crippen LogP contribution in [0.5, 0.6) is 0 Å². The number of pyridine rings is 1. The average molecular weight is 504 g/mol. The van der Waals surface area contributed by atoms with Gasteiger partial charge in [-0.15, -0.1) is 10.2 Å². The van der Waals surface area contributed by atoms with Gasteiger partial charge in [0.25, 0.3) is 0 Å². The Bertz CT molecular complexity index is 1520. The van der Waals surface area contributed by atoms with E-state index in [-0.39, 0.29) is 11.7 Å². The van der Waals surface area contributed by atoms with E-state index in [0.717, 1.165) is 35.5 Å². The van der Waals surface area contributed by atoms with Gasteiger partial charge in [-0.25, -0.2) is 0 Å². The first-order chi connectivity index (χ1) is 18.2. The minimum absolute atomic E-state index is 0.00992. The molecule has 6 rings (SSSR count). The van der Waals surface area contributed by atoms with Crippen LogP contribution in [0.4, 0.5) is 11.4 Å². The predicted octanol–water partition coefficient (Wildman–Crippen LogP) is 6.19. The molecule has 1 amide bonds. The Hall–Kier alpha value is -4.23. The molecular weight excluding hydrogens is 478 g/mol. The Balaban J connectivity index is 1.36. The summed E-state index contributed by atoms with van der Waals surface area (Å²) in [7, 11) is 0. The van der Waals surface area contributed by atoms with E-state index in [4.69, 9.17) is 0 Å². The molecule has 0 fully saturated rings. The fraction of sp³-hybridized carbons (Fsp3) is 0.133. The van der Waals surface area contributed by atoms with Gasteiger partial charge in [0, 0.05) is 23.6 Å². The zero-order valence-electron chi connectivity index (χ0n) is 20.4. The summed E-state index contributed by atoms with van der Waals surface area (Å²) in [4.78, 5) is 19.9. The van der Waals surface area contributed by atoms with Crippen molar-refractivity contribution < 1.29 is 4.79 Å². The highest BCUT2D eigenvalue weighted by Crippen LogP contribution is 2.37. The van der Waals surface area contributed by atoms with Crippen LogP contribution in [0.1, 0.15) is 16.7 Å². The van der Waals surface area contributed by atoms with E-state index in [0.29, 0.717) is 11.0 Å². The van der Waals surface area contributed by atoms with Gasteiger partial charge in [-0.3, -0.25) is 19.2 Å². The Labute approximate surface area is 220 Å². The van der Waals surface area contributed by atoms with Crippen LogP contribution in [-0.4, -0.2) is 31.4 Å². The molecule has 3 heterocycles. The summed E-state index contributed by atoms with van der Waals surface area (Å²) in [5, 5.41) is 9.67. The summed E-state index contributed by atoms with van der Waals surface area (Å²) in [5.41, 5.74) is 7.30. The third-order valence-electron chi connectivity index (χ3n) is 6.57. The molecule has 5 aromatic rings. The lowest BCUT2D eigenvalue weighted by molar-refractivity contribution is -0.115. The van der Waals surface area contributed by atoms with Gasteiger partial charge in [0.1, 0.15) is 0 Å². The molecule has 1 aliphatic heterocycles. The van der Waals surface area contributed by atoms with Gasteiger partial charge >= 0.3 is 0 Å². The van der Waals surface area contributed by atoms with E-state index in [1.807, 2.05) is 58.0 Å². The van der Waals surface area contributed by atoms with Crippen molar-refractivity contribution in [2.75, 3.05) is 10.7 Å². The Morgan fingerprint density at radius 3 is 2.08 bits per heavy atom. The first kappa shape index (κ1) is 23.2. The molecule has 3 aromatic carbocycles. The van der Waals surface area contributed by atoms with Crippen molar-refractivity contribution in [3.8, 4) is 17.1 Å². The number of hydrogen-bond donors (Lipinski definition) is 0. The number of carbonyl (C=O) groups is 1. The van der Waals surface area contributed by atoms with Gasteiger partial charge in [-0.2, -0.15) is 0 Å². The van der Waals surface area contributed by atoms with E-state index < -0.39 is 0 Å². The standard InChI is InChI=1S/C30H25N5OS/c1-21-10-14-25(15-11-21)34-29(24-16-18-31-19-17-24)32-33-30(34)37-20-28(36)35-26-8-4-2-6-22(26)12-13-23-7-3-5-9-27(23)35/h2-11,14-19H,12-13,20H2,1H3. The molecule has 0 unspecified atom stereocenters. The second-order valence-corrected chi connectivity index (χ2v) is 9.93. The van der Waals surface area contributed by atoms with Crippen molar-refractivity contribution in [1.82, 2.24) is 19.7 Å². The fourth-order valence-corrected chi connectivity index (χ4v) is 5.52. The summed E-state index contributed by atoms with van der Waals surface area (Å²) >= 11 is 1.40. The molecule has 7 heteroatoms. The maximum Gasteiger partial charge on any atom is 0.242 e. The predicted molar refractivity (Wildman–Crippen MR) is 147 cm³/mol. The molecule has 1 aliphatic rings. The lowest BCUT2D eigenvalue weighted by atomic mass is 10.0. The molecule has 0 bridgehead atoms. The number of benzene rings is 3. The van der Waals surface area contributed by atoms with Crippen LogP contribution < -0.4 is 4.90 Å². The minimum atomic E-state index is 0.00992. The third kappa shape index (κ3) is 4.54. The Morgan fingerprint density at radius 1 is 0.811 bits per heavy atom. The second-order valence-electron chi connectivity index (χ2n) is 8.99. The van der Waals surface area contributed by atoms with Crippen LogP contribution >= 0.6 is 11.8 Å². The van der Waals surface area contributed by atoms with Gasteiger partial charge in [0.05, 0.1) is 17.1 Å². The molecule has 0 spiro atoms. The number of amides is 1. The van der Waals surface area contributed by atoms with E-state index in [2.05, 4.69) is 58.5 Å². The maximum absolute atomic E-state index is 13.9. The summed E-state index contributed by atoms with van der Waals surface area (Å²) in [6.07, 6.45) is 5.30. The number of para-hydroxylation sites is 2. The van der Waals surface area contributed by atoms with Crippen molar-refractivity contribution in [3.05, 3.63) is 114 Å². The number of carbonyl (C=O) groups excluding carboxylic acids is 1. The van der Waals surface area contributed by atoms with Crippen molar-refractivity contribution in [2.24, 2.45) is 0 Å². The van der Waals surface area contributed by atoms with Gasteiger partial charge < -0.3 is 0 Å². The van der Waals surface area contributed by atoms with Crippen LogP contribution in [0.25, 0.3) is 17.1 Å². The van der Waals surface area contributed by atoms with Gasteiger partial charge in [-0.05, 0) is 67.3 Å². The largest absolute Gasteiger partial charge is 0.280 e. The lowest BCUT2D eigenvalue weighted by Gasteiger charge is -2.25. The van der Waals surface area contributed by atoms with Crippen molar-refractivity contribution in [1.29, 1.82) is 0 Å². The first-order valence-electron chi connectivity index (χ1n) is 12.2. The normalized spacial score (nSPS) is 12.5. The Morgan fingerprint density at radius 2 is 1.43 bits per heavy atom. The molecule has 0 saturated heterocycles. The van der Waals surface area contributed by atoms with E-state index in [1.54, 1.807) is 12.4 Å². The van der Waals surface area contributed by atoms with Crippen LogP contribution in [0.2, 0.25) is 0 Å². The molecule has 0 saturated carbocycles. The quantitative estimate of drug-likeness (QED) is 0.268. The van der Waals surface area contributed by atoms with Gasteiger partial charge in [0.2, 0.25) is 5.91 Å². The number of anilines is 2. The monoisotopic (exact) mass is 503 g/mol. The van der Waals surface area contributed by atoms with Crippen LogP contribution in [0, 0.1) is 6.92 Å². The second kappa shape index (κ2) is 10.0. The number of aryl methyl sites for hydroxylation is 3. The fourth-order valence-electron chi connectivity index (χ4n) is 4.72. The zero-order valence-corrected chi connectivity index (χ0v) is 21.2. The van der Waals surface area contributed by atoms with Gasteiger partial charge in [-0.1, -0.05) is 65.9 Å². The number of hydrogen-bond acceptors (Lipinski definition) is 5. The number of rotatable bonds is 5. The average Bonchev–Trinajstić information content (AvgIpc) is 3.29. The van der Waals surface area contributed by atoms with E-state index >= 15 is 0 Å². The summed E-state index contributed by atoms with van der Waals surface area (Å²) < 4.78 is 2.01. The number of fused-ring (bicyclic) bond motifs is 2. The Kier molecular flexibility index (Phi) is 6.28. The topological polar surface area (TPSA) is 63.9 Å². The zero-order chi connectivity index (χ0) is 25.2. The summed E-state index contributed by atoms with van der Waals surface area (Å²) in [6.45, 7) is 2.06. The molecule has 0 N–H and O–H groups in total. The van der Waals surface area contributed by atoms with E-state index in [1.165, 1.54) is 28.5 Å². The smallest absolute Gasteiger partial charge is 0.242 e. The highest BCUT2D eigenvalue weighted by atomic mass is 32.2. The molecule has 0 atom stereocenters. The van der Waals surface area contributed by atoms with Crippen LogP contribution in [0.15, 0.2) is 102 Å². The molecular formula is C30H25N5OS. The molecule has 182 valence electrons. The van der Waals surface area contributed by atoms with Crippen molar-refractivity contribution in [3.63, 3.8) is 0 Å².